The van der Waals surface area contributed by atoms with Gasteiger partial charge in [0.05, 0.1) is 17.9 Å². The Labute approximate surface area is 88.6 Å². The highest BCUT2D eigenvalue weighted by atomic mass is 16.5. The second kappa shape index (κ2) is 5.19. The summed E-state index contributed by atoms with van der Waals surface area (Å²) >= 11 is 0. The van der Waals surface area contributed by atoms with E-state index in [-0.39, 0.29) is 0 Å². The van der Waals surface area contributed by atoms with Crippen LogP contribution in [0.5, 0.6) is 0 Å². The van der Waals surface area contributed by atoms with Crippen LogP contribution in [0.3, 0.4) is 0 Å². The van der Waals surface area contributed by atoms with Crippen molar-refractivity contribution in [2.75, 3.05) is 24.2 Å². The standard InChI is InChI=1S/C10H15N3O2/c1-3-12-9-8(11)7(5-6-13-9)10(14)15-4-2/h5-6H,3-4,11H2,1-2H3,(H,12,13). The number of carbonyl (C=O) groups excluding carboxylic acids is 1. The zero-order valence-corrected chi connectivity index (χ0v) is 8.91. The van der Waals surface area contributed by atoms with Crippen LogP contribution < -0.4 is 11.1 Å². The number of nitrogens with zero attached hydrogens (tertiary/aromatic N) is 1. The minimum Gasteiger partial charge on any atom is -0.462 e. The van der Waals surface area contributed by atoms with Crippen LogP contribution in [0.4, 0.5) is 11.5 Å². The van der Waals surface area contributed by atoms with Gasteiger partial charge in [0.15, 0.2) is 0 Å². The van der Waals surface area contributed by atoms with E-state index >= 15 is 0 Å². The van der Waals surface area contributed by atoms with Gasteiger partial charge in [-0.3, -0.25) is 0 Å². The van der Waals surface area contributed by atoms with Gasteiger partial charge in [0.25, 0.3) is 0 Å². The molecule has 0 aliphatic carbocycles. The zero-order valence-electron chi connectivity index (χ0n) is 8.91. The van der Waals surface area contributed by atoms with Crippen molar-refractivity contribution < 1.29 is 9.53 Å². The number of nitrogen functional groups attached to an aromatic ring is 1. The Balaban J connectivity index is 2.98. The van der Waals surface area contributed by atoms with E-state index in [0.717, 1.165) is 0 Å². The van der Waals surface area contributed by atoms with Crippen molar-refractivity contribution >= 4 is 17.5 Å². The number of hydrogen-bond donors (Lipinski definition) is 2. The number of nitrogens with two attached hydrogens (primary N) is 1. The molecule has 0 aliphatic heterocycles. The molecule has 1 aromatic heterocycles. The maximum absolute atomic E-state index is 11.5. The largest absolute Gasteiger partial charge is 0.462 e. The Hall–Kier alpha value is -1.78. The third-order valence-corrected chi connectivity index (χ3v) is 1.83. The average Bonchev–Trinajstić information content (AvgIpc) is 2.22. The van der Waals surface area contributed by atoms with E-state index in [9.17, 15) is 4.79 Å². The zero-order chi connectivity index (χ0) is 11.3. The van der Waals surface area contributed by atoms with Crippen LogP contribution in [0.2, 0.25) is 0 Å². The van der Waals surface area contributed by atoms with Crippen molar-refractivity contribution in [2.24, 2.45) is 0 Å². The first kappa shape index (κ1) is 11.3. The van der Waals surface area contributed by atoms with Crippen molar-refractivity contribution in [3.63, 3.8) is 0 Å². The molecule has 82 valence electrons. The van der Waals surface area contributed by atoms with Crippen LogP contribution in [-0.2, 0) is 4.74 Å². The number of nitrogens with one attached hydrogen (secondary N) is 1. The van der Waals surface area contributed by atoms with Crippen LogP contribution in [0.15, 0.2) is 12.3 Å². The number of carbonyl (C=O) groups is 1. The van der Waals surface area contributed by atoms with E-state index in [1.807, 2.05) is 6.92 Å². The summed E-state index contributed by atoms with van der Waals surface area (Å²) in [4.78, 5) is 15.5. The quantitative estimate of drug-likeness (QED) is 0.730. The number of anilines is 2. The van der Waals surface area contributed by atoms with E-state index in [0.29, 0.717) is 30.2 Å². The maximum Gasteiger partial charge on any atom is 0.340 e. The first-order chi connectivity index (χ1) is 7.20. The maximum atomic E-state index is 11.5. The second-order valence-corrected chi connectivity index (χ2v) is 2.87. The van der Waals surface area contributed by atoms with Crippen LogP contribution in [0.25, 0.3) is 0 Å². The predicted molar refractivity (Wildman–Crippen MR) is 58.8 cm³/mol. The SMILES string of the molecule is CCNc1nccc(C(=O)OCC)c1N. The fourth-order valence-electron chi connectivity index (χ4n) is 1.17. The summed E-state index contributed by atoms with van der Waals surface area (Å²) in [6.07, 6.45) is 1.53. The normalized spacial score (nSPS) is 9.73. The van der Waals surface area contributed by atoms with Gasteiger partial charge < -0.3 is 15.8 Å². The molecule has 0 aromatic carbocycles. The van der Waals surface area contributed by atoms with Crippen LogP contribution in [-0.4, -0.2) is 24.1 Å². The second-order valence-electron chi connectivity index (χ2n) is 2.87. The predicted octanol–water partition coefficient (Wildman–Crippen LogP) is 1.27. The van der Waals surface area contributed by atoms with E-state index in [4.69, 9.17) is 10.5 Å². The average molecular weight is 209 g/mol. The lowest BCUT2D eigenvalue weighted by molar-refractivity contribution is 0.0527. The number of hydrogen-bond acceptors (Lipinski definition) is 5. The fourth-order valence-corrected chi connectivity index (χ4v) is 1.17. The molecule has 5 heteroatoms. The Morgan fingerprint density at radius 3 is 2.93 bits per heavy atom. The molecule has 1 rings (SSSR count). The van der Waals surface area contributed by atoms with Gasteiger partial charge in [-0.15, -0.1) is 0 Å². The van der Waals surface area contributed by atoms with Crippen LogP contribution >= 0.6 is 0 Å². The Morgan fingerprint density at radius 2 is 2.33 bits per heavy atom. The highest BCUT2D eigenvalue weighted by molar-refractivity contribution is 5.97. The van der Waals surface area contributed by atoms with Crippen molar-refractivity contribution in [3.05, 3.63) is 17.8 Å². The molecule has 1 aromatic rings. The molecular formula is C10H15N3O2. The molecular weight excluding hydrogens is 194 g/mol. The third kappa shape index (κ3) is 2.59. The summed E-state index contributed by atoms with van der Waals surface area (Å²) in [5.74, 6) is 0.0969. The highest BCUT2D eigenvalue weighted by Gasteiger charge is 2.13. The lowest BCUT2D eigenvalue weighted by Crippen LogP contribution is -2.11. The first-order valence-electron chi connectivity index (χ1n) is 4.86. The molecule has 0 atom stereocenters. The number of aromatic nitrogens is 1. The van der Waals surface area contributed by atoms with E-state index in [2.05, 4.69) is 10.3 Å². The Kier molecular flexibility index (Phi) is 3.91. The van der Waals surface area contributed by atoms with Gasteiger partial charge in [-0.2, -0.15) is 0 Å². The molecule has 1 heterocycles. The van der Waals surface area contributed by atoms with E-state index in [1.165, 1.54) is 6.20 Å². The van der Waals surface area contributed by atoms with Gasteiger partial charge in [-0.05, 0) is 19.9 Å². The number of ether oxygens (including phenoxy) is 1. The van der Waals surface area contributed by atoms with Gasteiger partial charge in [-0.1, -0.05) is 0 Å². The van der Waals surface area contributed by atoms with Crippen molar-refractivity contribution in [3.8, 4) is 0 Å². The van der Waals surface area contributed by atoms with E-state index < -0.39 is 5.97 Å². The summed E-state index contributed by atoms with van der Waals surface area (Å²) in [7, 11) is 0. The minimum absolute atomic E-state index is 0.330. The molecule has 0 unspecified atom stereocenters. The monoisotopic (exact) mass is 209 g/mol. The van der Waals surface area contributed by atoms with Crippen molar-refractivity contribution in [2.45, 2.75) is 13.8 Å². The van der Waals surface area contributed by atoms with Crippen LogP contribution in [0, 0.1) is 0 Å². The number of rotatable bonds is 4. The lowest BCUT2D eigenvalue weighted by Gasteiger charge is -2.09. The van der Waals surface area contributed by atoms with Crippen molar-refractivity contribution in [1.82, 2.24) is 4.98 Å². The topological polar surface area (TPSA) is 77.2 Å². The summed E-state index contributed by atoms with van der Waals surface area (Å²) in [6, 6.07) is 1.55. The highest BCUT2D eigenvalue weighted by Crippen LogP contribution is 2.20. The van der Waals surface area contributed by atoms with Gasteiger partial charge in [0.1, 0.15) is 5.82 Å². The van der Waals surface area contributed by atoms with Gasteiger partial charge >= 0.3 is 5.97 Å². The number of esters is 1. The Bertz CT molecular complexity index is 353. The van der Waals surface area contributed by atoms with E-state index in [1.54, 1.807) is 13.0 Å². The summed E-state index contributed by atoms with van der Waals surface area (Å²) < 4.78 is 4.87. The molecule has 15 heavy (non-hydrogen) atoms. The summed E-state index contributed by atoms with van der Waals surface area (Å²) in [5.41, 5.74) is 6.46. The van der Waals surface area contributed by atoms with Crippen molar-refractivity contribution in [1.29, 1.82) is 0 Å². The number of pyridine rings is 1. The molecule has 0 bridgehead atoms. The van der Waals surface area contributed by atoms with Crippen LogP contribution in [0.1, 0.15) is 24.2 Å². The molecule has 0 saturated carbocycles. The smallest absolute Gasteiger partial charge is 0.340 e. The molecule has 0 fully saturated rings. The lowest BCUT2D eigenvalue weighted by atomic mass is 10.2. The third-order valence-electron chi connectivity index (χ3n) is 1.83. The molecule has 0 saturated heterocycles. The molecule has 0 aliphatic rings. The molecule has 0 radical (unpaired) electrons. The van der Waals surface area contributed by atoms with Gasteiger partial charge in [0.2, 0.25) is 0 Å². The first-order valence-corrected chi connectivity index (χ1v) is 4.86. The summed E-state index contributed by atoms with van der Waals surface area (Å²) in [6.45, 7) is 4.71. The molecule has 0 amide bonds. The fraction of sp³-hybridized carbons (Fsp3) is 0.400. The molecule has 5 nitrogen and oxygen atoms in total. The van der Waals surface area contributed by atoms with Gasteiger partial charge in [0, 0.05) is 12.7 Å². The molecule has 0 spiro atoms. The Morgan fingerprint density at radius 1 is 1.60 bits per heavy atom. The minimum atomic E-state index is -0.420. The summed E-state index contributed by atoms with van der Waals surface area (Å²) in [5, 5.41) is 2.97. The molecule has 3 N–H and O–H groups in total. The van der Waals surface area contributed by atoms with Gasteiger partial charge in [-0.25, -0.2) is 9.78 Å².